The first-order chi connectivity index (χ1) is 19.3. The summed E-state index contributed by atoms with van der Waals surface area (Å²) in [4.78, 5) is 26.8. The van der Waals surface area contributed by atoms with Gasteiger partial charge in [-0.15, -0.1) is 0 Å². The topological polar surface area (TPSA) is 49.3 Å². The quantitative estimate of drug-likeness (QED) is 0.172. The van der Waals surface area contributed by atoms with Gasteiger partial charge in [0.25, 0.3) is 0 Å². The summed E-state index contributed by atoms with van der Waals surface area (Å²) in [6.45, 7) is 3.12. The molecule has 5 rings (SSSR count). The Labute approximate surface area is 231 Å². The van der Waals surface area contributed by atoms with Crippen LogP contribution in [-0.2, 0) is 24.4 Å². The van der Waals surface area contributed by atoms with Crippen molar-refractivity contribution in [3.8, 4) is 11.8 Å². The van der Waals surface area contributed by atoms with E-state index in [-0.39, 0.29) is 5.91 Å². The minimum Gasteiger partial charge on any atom is -0.307 e. The first-order valence-electron chi connectivity index (χ1n) is 13.8. The third-order valence-electron chi connectivity index (χ3n) is 7.01. The molecule has 0 atom stereocenters. The molecule has 0 saturated carbocycles. The van der Waals surface area contributed by atoms with Crippen LogP contribution in [0, 0.1) is 11.8 Å². The highest BCUT2D eigenvalue weighted by molar-refractivity contribution is 5.95. The summed E-state index contributed by atoms with van der Waals surface area (Å²) in [7, 11) is 0. The monoisotopic (exact) mass is 514 g/mol. The highest BCUT2D eigenvalue weighted by Crippen LogP contribution is 2.26. The minimum atomic E-state index is 0.160. The molecule has 4 aromatic rings. The predicted molar refractivity (Wildman–Crippen MR) is 156 cm³/mol. The number of rotatable bonds is 11. The van der Waals surface area contributed by atoms with E-state index in [9.17, 15) is 4.79 Å². The summed E-state index contributed by atoms with van der Waals surface area (Å²) < 4.78 is 0. The zero-order valence-corrected chi connectivity index (χ0v) is 22.3. The maximum atomic E-state index is 13.4. The van der Waals surface area contributed by atoms with Crippen molar-refractivity contribution in [1.29, 1.82) is 0 Å². The number of nitrogens with zero attached hydrogens (tertiary/aromatic N) is 4. The van der Waals surface area contributed by atoms with Gasteiger partial charge in [0.05, 0.1) is 23.6 Å². The van der Waals surface area contributed by atoms with E-state index in [4.69, 9.17) is 0 Å². The number of anilines is 1. The molecule has 3 heterocycles. The Balaban J connectivity index is 1.14. The number of carbonyl (C=O) groups excluding carboxylic acids is 1. The Morgan fingerprint density at radius 2 is 1.33 bits per heavy atom. The Morgan fingerprint density at radius 1 is 0.718 bits per heavy atom. The fourth-order valence-electron chi connectivity index (χ4n) is 4.96. The number of para-hydroxylation sites is 1. The van der Waals surface area contributed by atoms with Crippen molar-refractivity contribution < 1.29 is 4.79 Å². The maximum absolute atomic E-state index is 13.4. The molecule has 39 heavy (non-hydrogen) atoms. The number of fused-ring (bicyclic) bond motifs is 2. The van der Waals surface area contributed by atoms with E-state index >= 15 is 0 Å². The fourth-order valence-corrected chi connectivity index (χ4v) is 4.96. The van der Waals surface area contributed by atoms with Crippen molar-refractivity contribution in [3.63, 3.8) is 0 Å². The van der Waals surface area contributed by atoms with Crippen LogP contribution >= 0.6 is 0 Å². The molecular formula is C34H34N4O. The smallest absolute Gasteiger partial charge is 0.227 e. The lowest BCUT2D eigenvalue weighted by Crippen LogP contribution is -2.31. The second kappa shape index (κ2) is 13.5. The van der Waals surface area contributed by atoms with E-state index < -0.39 is 0 Å². The summed E-state index contributed by atoms with van der Waals surface area (Å²) in [5.74, 6) is 6.72. The summed E-state index contributed by atoms with van der Waals surface area (Å²) in [5, 5.41) is 0. The maximum Gasteiger partial charge on any atom is 0.227 e. The van der Waals surface area contributed by atoms with Crippen molar-refractivity contribution in [2.24, 2.45) is 0 Å². The zero-order chi connectivity index (χ0) is 26.7. The lowest BCUT2D eigenvalue weighted by Gasteiger charge is -2.26. The summed E-state index contributed by atoms with van der Waals surface area (Å²) in [6, 6.07) is 28.2. The van der Waals surface area contributed by atoms with E-state index in [0.717, 1.165) is 79.1 Å². The van der Waals surface area contributed by atoms with Gasteiger partial charge in [-0.25, -0.2) is 0 Å². The number of unbranched alkanes of at least 4 members (excludes halogenated alkanes) is 3. The fraction of sp³-hybridized carbons (Fsp3) is 0.265. The number of aromatic nitrogens is 2. The molecule has 0 radical (unpaired) electrons. The highest BCUT2D eigenvalue weighted by Gasteiger charge is 2.20. The van der Waals surface area contributed by atoms with Gasteiger partial charge in [-0.05, 0) is 67.4 Å². The van der Waals surface area contributed by atoms with E-state index in [0.29, 0.717) is 13.0 Å². The molecule has 0 spiro atoms. The molecule has 1 aliphatic rings. The normalized spacial score (nSPS) is 12.1. The van der Waals surface area contributed by atoms with Crippen molar-refractivity contribution in [2.45, 2.75) is 51.7 Å². The Kier molecular flexibility index (Phi) is 9.12. The van der Waals surface area contributed by atoms with Gasteiger partial charge in [-0.3, -0.25) is 19.7 Å². The van der Waals surface area contributed by atoms with Gasteiger partial charge >= 0.3 is 0 Å². The molecule has 0 N–H and O–H groups in total. The molecule has 5 heteroatoms. The van der Waals surface area contributed by atoms with E-state index in [2.05, 4.69) is 44.9 Å². The van der Waals surface area contributed by atoms with Gasteiger partial charge < -0.3 is 4.90 Å². The number of pyridine rings is 2. The average Bonchev–Trinajstić information content (AvgIpc) is 2.97. The van der Waals surface area contributed by atoms with Gasteiger partial charge in [0.1, 0.15) is 0 Å². The van der Waals surface area contributed by atoms with Gasteiger partial charge in [0.2, 0.25) is 5.91 Å². The molecule has 0 unspecified atom stereocenters. The number of hydrogen-bond acceptors (Lipinski definition) is 4. The predicted octanol–water partition coefficient (Wildman–Crippen LogP) is 6.38. The Morgan fingerprint density at radius 3 is 2.05 bits per heavy atom. The number of amides is 1. The second-order valence-corrected chi connectivity index (χ2v) is 9.92. The van der Waals surface area contributed by atoms with E-state index in [1.54, 1.807) is 0 Å². The van der Waals surface area contributed by atoms with Crippen molar-refractivity contribution >= 4 is 11.6 Å². The van der Waals surface area contributed by atoms with E-state index in [1.165, 1.54) is 0 Å². The summed E-state index contributed by atoms with van der Waals surface area (Å²) in [6.07, 6.45) is 8.30. The molecule has 5 nitrogen and oxygen atoms in total. The molecule has 1 amide bonds. The van der Waals surface area contributed by atoms with Crippen molar-refractivity contribution in [3.05, 3.63) is 125 Å². The van der Waals surface area contributed by atoms with Crippen LogP contribution < -0.4 is 4.90 Å². The van der Waals surface area contributed by atoms with Crippen LogP contribution in [0.15, 0.2) is 97.3 Å². The van der Waals surface area contributed by atoms with Gasteiger partial charge in [0, 0.05) is 43.0 Å². The third-order valence-corrected chi connectivity index (χ3v) is 7.01. The minimum absolute atomic E-state index is 0.160. The summed E-state index contributed by atoms with van der Waals surface area (Å²) >= 11 is 0. The van der Waals surface area contributed by atoms with Crippen molar-refractivity contribution in [2.75, 3.05) is 11.4 Å². The molecule has 196 valence electrons. The van der Waals surface area contributed by atoms with Crippen LogP contribution in [0.2, 0.25) is 0 Å². The second-order valence-electron chi connectivity index (χ2n) is 9.92. The van der Waals surface area contributed by atoms with Gasteiger partial charge in [-0.2, -0.15) is 0 Å². The van der Waals surface area contributed by atoms with Gasteiger partial charge in [0.15, 0.2) is 0 Å². The molecule has 0 bridgehead atoms. The standard InChI is InChI=1S/C34H34N4O/c39-34(38-25-30-15-5-4-13-28(30)20-21-29-14-6-7-18-33(29)38)19-3-1-2-12-24-37(26-31-16-8-10-22-35-31)27-32-17-9-11-23-36-32/h4-11,13-18,22-23H,1-3,12,19,24-27H2. The van der Waals surface area contributed by atoms with Crippen LogP contribution in [-0.4, -0.2) is 27.3 Å². The van der Waals surface area contributed by atoms with Crippen LogP contribution in [0.25, 0.3) is 0 Å². The lowest BCUT2D eigenvalue weighted by molar-refractivity contribution is -0.118. The first kappa shape index (κ1) is 26.3. The average molecular weight is 515 g/mol. The zero-order valence-electron chi connectivity index (χ0n) is 22.3. The van der Waals surface area contributed by atoms with Crippen molar-refractivity contribution in [1.82, 2.24) is 14.9 Å². The van der Waals surface area contributed by atoms with Gasteiger partial charge in [-0.1, -0.05) is 67.1 Å². The molecule has 2 aromatic heterocycles. The molecule has 1 aliphatic heterocycles. The SMILES string of the molecule is O=C(CCCCCCN(Cc1ccccn1)Cc1ccccn1)N1Cc2ccccc2C#Cc2ccccc21. The summed E-state index contributed by atoms with van der Waals surface area (Å²) in [5.41, 5.74) is 6.03. The number of hydrogen-bond donors (Lipinski definition) is 0. The van der Waals surface area contributed by atoms with Crippen LogP contribution in [0.5, 0.6) is 0 Å². The molecule has 0 aliphatic carbocycles. The van der Waals surface area contributed by atoms with Crippen LogP contribution in [0.1, 0.15) is 60.2 Å². The van der Waals surface area contributed by atoms with E-state index in [1.807, 2.05) is 84.0 Å². The Hall–Kier alpha value is -4.27. The van der Waals surface area contributed by atoms with Crippen LogP contribution in [0.3, 0.4) is 0 Å². The molecule has 2 aromatic carbocycles. The lowest BCUT2D eigenvalue weighted by atomic mass is 10.0. The van der Waals surface area contributed by atoms with Crippen LogP contribution in [0.4, 0.5) is 5.69 Å². The Bertz CT molecular complexity index is 1380. The number of benzene rings is 2. The highest BCUT2D eigenvalue weighted by atomic mass is 16.2. The largest absolute Gasteiger partial charge is 0.307 e. The number of carbonyl (C=O) groups is 1. The first-order valence-corrected chi connectivity index (χ1v) is 13.8. The third kappa shape index (κ3) is 7.40. The molecule has 0 saturated heterocycles. The molecule has 0 fully saturated rings. The molecular weight excluding hydrogens is 480 g/mol.